The Morgan fingerprint density at radius 3 is 2.69 bits per heavy atom. The van der Waals surface area contributed by atoms with E-state index in [1.807, 2.05) is 24.3 Å². The fourth-order valence-corrected chi connectivity index (χ4v) is 3.74. The number of imidazole rings is 1. The van der Waals surface area contributed by atoms with Gasteiger partial charge in [-0.05, 0) is 37.0 Å². The van der Waals surface area contributed by atoms with Crippen LogP contribution in [-0.2, 0) is 6.42 Å². The topological polar surface area (TPSA) is 63.6 Å². The molecule has 1 aliphatic carbocycles. The van der Waals surface area contributed by atoms with Crippen molar-refractivity contribution in [3.8, 4) is 5.95 Å². The van der Waals surface area contributed by atoms with Gasteiger partial charge in [0, 0.05) is 6.42 Å². The summed E-state index contributed by atoms with van der Waals surface area (Å²) in [5.74, 6) is 0.986. The van der Waals surface area contributed by atoms with Crippen LogP contribution in [0.5, 0.6) is 0 Å². The van der Waals surface area contributed by atoms with Crippen LogP contribution in [0.1, 0.15) is 39.5 Å². The number of benzene rings is 2. The third kappa shape index (κ3) is 2.36. The SMILES string of the molecule is Cc1ccc(C2CC(=O)c3cnn(-c4nc5ccccc5[nH]4)c3C2)cc1. The summed E-state index contributed by atoms with van der Waals surface area (Å²) in [7, 11) is 0. The van der Waals surface area contributed by atoms with Crippen LogP contribution >= 0.6 is 0 Å². The highest BCUT2D eigenvalue weighted by Gasteiger charge is 2.30. The van der Waals surface area contributed by atoms with E-state index in [9.17, 15) is 4.79 Å². The number of aromatic nitrogens is 4. The molecule has 1 unspecified atom stereocenters. The zero-order valence-electron chi connectivity index (χ0n) is 14.4. The number of nitrogens with zero attached hydrogens (tertiary/aromatic N) is 3. The van der Waals surface area contributed by atoms with Crippen LogP contribution in [0.4, 0.5) is 0 Å². The number of ketones is 1. The Morgan fingerprint density at radius 2 is 1.88 bits per heavy atom. The second-order valence-electron chi connectivity index (χ2n) is 6.93. The number of H-pyrrole nitrogens is 1. The Labute approximate surface area is 150 Å². The van der Waals surface area contributed by atoms with E-state index in [0.717, 1.165) is 23.1 Å². The molecule has 2 aromatic heterocycles. The van der Waals surface area contributed by atoms with Crippen LogP contribution in [-0.4, -0.2) is 25.5 Å². The summed E-state index contributed by atoms with van der Waals surface area (Å²) in [5, 5.41) is 4.46. The standard InChI is InChI=1S/C21H18N4O/c1-13-6-8-14(9-7-13)15-10-19-16(20(26)11-15)12-22-25(19)21-23-17-4-2-3-5-18(17)24-21/h2-9,12,15H,10-11H2,1H3,(H,23,24). The van der Waals surface area contributed by atoms with Crippen LogP contribution in [0, 0.1) is 6.92 Å². The minimum Gasteiger partial charge on any atom is -0.322 e. The second kappa shape index (κ2) is 5.66. The molecule has 2 heterocycles. The molecular formula is C21H18N4O. The van der Waals surface area contributed by atoms with Gasteiger partial charge in [-0.25, -0.2) is 9.67 Å². The van der Waals surface area contributed by atoms with Crippen molar-refractivity contribution in [1.29, 1.82) is 0 Å². The molecule has 0 saturated carbocycles. The van der Waals surface area contributed by atoms with E-state index < -0.39 is 0 Å². The Hall–Kier alpha value is -3.21. The van der Waals surface area contributed by atoms with Crippen molar-refractivity contribution in [3.05, 3.63) is 77.1 Å². The molecule has 0 aliphatic heterocycles. The number of para-hydroxylation sites is 2. The van der Waals surface area contributed by atoms with Gasteiger partial charge in [0.1, 0.15) is 0 Å². The highest BCUT2D eigenvalue weighted by Crippen LogP contribution is 2.33. The highest BCUT2D eigenvalue weighted by molar-refractivity contribution is 5.98. The number of hydrogen-bond donors (Lipinski definition) is 1. The molecule has 26 heavy (non-hydrogen) atoms. The molecular weight excluding hydrogens is 324 g/mol. The fourth-order valence-electron chi connectivity index (χ4n) is 3.74. The maximum atomic E-state index is 12.7. The monoisotopic (exact) mass is 342 g/mol. The van der Waals surface area contributed by atoms with Gasteiger partial charge in [0.25, 0.3) is 0 Å². The number of aromatic amines is 1. The maximum Gasteiger partial charge on any atom is 0.229 e. The van der Waals surface area contributed by atoms with Crippen molar-refractivity contribution < 1.29 is 4.79 Å². The first-order valence-corrected chi connectivity index (χ1v) is 8.81. The molecule has 0 fully saturated rings. The van der Waals surface area contributed by atoms with Gasteiger partial charge >= 0.3 is 0 Å². The first-order valence-electron chi connectivity index (χ1n) is 8.81. The first kappa shape index (κ1) is 15.1. The van der Waals surface area contributed by atoms with E-state index in [2.05, 4.69) is 46.3 Å². The molecule has 128 valence electrons. The molecule has 5 nitrogen and oxygen atoms in total. The lowest BCUT2D eigenvalue weighted by Gasteiger charge is -2.22. The van der Waals surface area contributed by atoms with Crippen molar-refractivity contribution in [2.45, 2.75) is 25.7 Å². The molecule has 2 aromatic carbocycles. The Kier molecular flexibility index (Phi) is 3.28. The zero-order valence-corrected chi connectivity index (χ0v) is 14.4. The molecule has 0 bridgehead atoms. The number of aryl methyl sites for hydroxylation is 1. The summed E-state index contributed by atoms with van der Waals surface area (Å²) in [6, 6.07) is 16.3. The van der Waals surface area contributed by atoms with Crippen molar-refractivity contribution in [2.24, 2.45) is 0 Å². The van der Waals surface area contributed by atoms with Gasteiger partial charge in [-0.1, -0.05) is 42.0 Å². The van der Waals surface area contributed by atoms with E-state index in [1.165, 1.54) is 11.1 Å². The van der Waals surface area contributed by atoms with Gasteiger partial charge in [0.2, 0.25) is 5.95 Å². The smallest absolute Gasteiger partial charge is 0.229 e. The number of fused-ring (bicyclic) bond motifs is 2. The van der Waals surface area contributed by atoms with Crippen molar-refractivity contribution >= 4 is 16.8 Å². The minimum absolute atomic E-state index is 0.152. The number of carbonyl (C=O) groups excluding carboxylic acids is 1. The molecule has 4 aromatic rings. The van der Waals surface area contributed by atoms with E-state index in [1.54, 1.807) is 10.9 Å². The number of carbonyl (C=O) groups is 1. The lowest BCUT2D eigenvalue weighted by molar-refractivity contribution is 0.0963. The molecule has 5 heteroatoms. The van der Waals surface area contributed by atoms with Crippen LogP contribution in [0.3, 0.4) is 0 Å². The Balaban J connectivity index is 1.57. The first-order chi connectivity index (χ1) is 12.7. The maximum absolute atomic E-state index is 12.7. The third-order valence-corrected chi connectivity index (χ3v) is 5.17. The zero-order chi connectivity index (χ0) is 17.7. The van der Waals surface area contributed by atoms with Gasteiger partial charge in [-0.15, -0.1) is 0 Å². The normalized spacial score (nSPS) is 16.8. The van der Waals surface area contributed by atoms with E-state index in [-0.39, 0.29) is 11.7 Å². The van der Waals surface area contributed by atoms with Gasteiger partial charge in [-0.3, -0.25) is 4.79 Å². The Bertz CT molecular complexity index is 1090. The Morgan fingerprint density at radius 1 is 1.08 bits per heavy atom. The average Bonchev–Trinajstić information content (AvgIpc) is 3.26. The largest absolute Gasteiger partial charge is 0.322 e. The van der Waals surface area contributed by atoms with E-state index >= 15 is 0 Å². The quantitative estimate of drug-likeness (QED) is 0.599. The number of rotatable bonds is 2. The number of Topliss-reactive ketones (excluding diaryl/α,β-unsaturated/α-hetero) is 1. The molecule has 0 saturated heterocycles. The molecule has 1 N–H and O–H groups in total. The summed E-state index contributed by atoms with van der Waals surface area (Å²) in [6.45, 7) is 2.07. The molecule has 0 radical (unpaired) electrons. The molecule has 5 rings (SSSR count). The summed E-state index contributed by atoms with van der Waals surface area (Å²) >= 11 is 0. The summed E-state index contributed by atoms with van der Waals surface area (Å²) in [6.07, 6.45) is 2.99. The van der Waals surface area contributed by atoms with Crippen molar-refractivity contribution in [2.75, 3.05) is 0 Å². The minimum atomic E-state index is 0.152. The van der Waals surface area contributed by atoms with Crippen LogP contribution in [0.2, 0.25) is 0 Å². The van der Waals surface area contributed by atoms with Crippen molar-refractivity contribution in [3.63, 3.8) is 0 Å². The predicted molar refractivity (Wildman–Crippen MR) is 99.8 cm³/mol. The predicted octanol–water partition coefficient (Wildman–Crippen LogP) is 3.97. The summed E-state index contributed by atoms with van der Waals surface area (Å²) in [4.78, 5) is 20.6. The second-order valence-corrected chi connectivity index (χ2v) is 6.93. The van der Waals surface area contributed by atoms with Gasteiger partial charge in [-0.2, -0.15) is 5.10 Å². The number of nitrogens with one attached hydrogen (secondary N) is 1. The molecule has 0 amide bonds. The lowest BCUT2D eigenvalue weighted by Crippen LogP contribution is -2.20. The van der Waals surface area contributed by atoms with E-state index in [4.69, 9.17) is 0 Å². The fraction of sp³-hybridized carbons (Fsp3) is 0.190. The van der Waals surface area contributed by atoms with Crippen LogP contribution < -0.4 is 0 Å². The highest BCUT2D eigenvalue weighted by atomic mass is 16.1. The molecule has 1 aliphatic rings. The van der Waals surface area contributed by atoms with Gasteiger partial charge in [0.05, 0.1) is 28.5 Å². The molecule has 0 spiro atoms. The third-order valence-electron chi connectivity index (χ3n) is 5.17. The average molecular weight is 342 g/mol. The molecule has 1 atom stereocenters. The summed E-state index contributed by atoms with van der Waals surface area (Å²) in [5.41, 5.74) is 5.93. The van der Waals surface area contributed by atoms with Crippen LogP contribution in [0.25, 0.3) is 17.0 Å². The van der Waals surface area contributed by atoms with E-state index in [0.29, 0.717) is 17.9 Å². The van der Waals surface area contributed by atoms with Gasteiger partial charge < -0.3 is 4.98 Å². The van der Waals surface area contributed by atoms with Crippen molar-refractivity contribution in [1.82, 2.24) is 19.7 Å². The van der Waals surface area contributed by atoms with Gasteiger partial charge in [0.15, 0.2) is 5.78 Å². The van der Waals surface area contributed by atoms with Crippen LogP contribution in [0.15, 0.2) is 54.7 Å². The lowest BCUT2D eigenvalue weighted by atomic mass is 9.82. The summed E-state index contributed by atoms with van der Waals surface area (Å²) < 4.78 is 1.79. The number of hydrogen-bond acceptors (Lipinski definition) is 3.